The van der Waals surface area contributed by atoms with E-state index in [0.29, 0.717) is 19.8 Å². The molecule has 2 aliphatic rings. The zero-order chi connectivity index (χ0) is 13.3. The lowest BCUT2D eigenvalue weighted by Crippen LogP contribution is -2.49. The van der Waals surface area contributed by atoms with Gasteiger partial charge in [-0.25, -0.2) is 0 Å². The Morgan fingerprint density at radius 2 is 2.11 bits per heavy atom. The van der Waals surface area contributed by atoms with E-state index in [-0.39, 0.29) is 0 Å². The summed E-state index contributed by atoms with van der Waals surface area (Å²) in [7, 11) is 0. The number of nitrogens with zero attached hydrogens (tertiary/aromatic N) is 2. The minimum Gasteiger partial charge on any atom is -0.365 e. The average Bonchev–Trinajstić information content (AvgIpc) is 2.86. The molecule has 100 valence electrons. The van der Waals surface area contributed by atoms with Gasteiger partial charge in [0.15, 0.2) is 5.79 Å². The summed E-state index contributed by atoms with van der Waals surface area (Å²) in [6.07, 6.45) is 1.97. The van der Waals surface area contributed by atoms with Crippen molar-refractivity contribution in [3.63, 3.8) is 0 Å². The van der Waals surface area contributed by atoms with Crippen molar-refractivity contribution < 1.29 is 9.47 Å². The molecule has 0 atom stereocenters. The standard InChI is InChI=1S/C15H18N2O2/c1-12-4-2-5-13(10-16)14(12)17-7-3-6-15(11-17)18-8-9-19-15/h2,4-5H,3,6-9,11H2,1H3. The van der Waals surface area contributed by atoms with E-state index in [9.17, 15) is 5.26 Å². The highest BCUT2D eigenvalue weighted by Gasteiger charge is 2.41. The van der Waals surface area contributed by atoms with Crippen molar-refractivity contribution >= 4 is 5.69 Å². The number of nitriles is 1. The molecule has 0 unspecified atom stereocenters. The third-order valence-electron chi connectivity index (χ3n) is 3.91. The van der Waals surface area contributed by atoms with Crippen molar-refractivity contribution in [2.24, 2.45) is 0 Å². The minimum absolute atomic E-state index is 0.451. The highest BCUT2D eigenvalue weighted by Crippen LogP contribution is 2.35. The number of hydrogen-bond donors (Lipinski definition) is 0. The van der Waals surface area contributed by atoms with Gasteiger partial charge in [-0.3, -0.25) is 0 Å². The van der Waals surface area contributed by atoms with E-state index in [1.165, 1.54) is 0 Å². The normalized spacial score (nSPS) is 21.6. The maximum atomic E-state index is 9.29. The topological polar surface area (TPSA) is 45.5 Å². The Morgan fingerprint density at radius 1 is 1.32 bits per heavy atom. The Balaban J connectivity index is 1.92. The van der Waals surface area contributed by atoms with Gasteiger partial charge in [0.05, 0.1) is 31.0 Å². The van der Waals surface area contributed by atoms with Crippen LogP contribution < -0.4 is 4.90 Å². The highest BCUT2D eigenvalue weighted by molar-refractivity contribution is 5.64. The molecule has 0 aliphatic carbocycles. The van der Waals surface area contributed by atoms with Crippen LogP contribution in [0.1, 0.15) is 24.0 Å². The first-order valence-corrected chi connectivity index (χ1v) is 6.77. The molecule has 0 bridgehead atoms. The number of benzene rings is 1. The molecule has 0 N–H and O–H groups in total. The van der Waals surface area contributed by atoms with Crippen molar-refractivity contribution in [3.8, 4) is 6.07 Å². The maximum Gasteiger partial charge on any atom is 0.186 e. The lowest BCUT2D eigenvalue weighted by atomic mass is 10.0. The fourth-order valence-corrected chi connectivity index (χ4v) is 3.08. The Kier molecular flexibility index (Phi) is 3.17. The highest BCUT2D eigenvalue weighted by atomic mass is 16.7. The number of hydrogen-bond acceptors (Lipinski definition) is 4. The Morgan fingerprint density at radius 3 is 2.84 bits per heavy atom. The molecule has 0 aromatic heterocycles. The predicted molar refractivity (Wildman–Crippen MR) is 72.0 cm³/mol. The van der Waals surface area contributed by atoms with Gasteiger partial charge >= 0.3 is 0 Å². The number of ether oxygens (including phenoxy) is 2. The van der Waals surface area contributed by atoms with Gasteiger partial charge in [-0.15, -0.1) is 0 Å². The van der Waals surface area contributed by atoms with Gasteiger partial charge < -0.3 is 14.4 Å². The quantitative estimate of drug-likeness (QED) is 0.774. The van der Waals surface area contributed by atoms with E-state index >= 15 is 0 Å². The van der Waals surface area contributed by atoms with E-state index in [2.05, 4.69) is 11.0 Å². The molecule has 19 heavy (non-hydrogen) atoms. The van der Waals surface area contributed by atoms with Gasteiger partial charge in [0.25, 0.3) is 0 Å². The first kappa shape index (κ1) is 12.5. The van der Waals surface area contributed by atoms with E-state index in [1.54, 1.807) is 0 Å². The maximum absolute atomic E-state index is 9.29. The van der Waals surface area contributed by atoms with Crippen LogP contribution in [0.2, 0.25) is 0 Å². The van der Waals surface area contributed by atoms with Crippen molar-refractivity contribution in [3.05, 3.63) is 29.3 Å². The fraction of sp³-hybridized carbons (Fsp3) is 0.533. The second-order valence-electron chi connectivity index (χ2n) is 5.22. The van der Waals surface area contributed by atoms with Crippen LogP contribution in [0.4, 0.5) is 5.69 Å². The molecule has 1 spiro atoms. The summed E-state index contributed by atoms with van der Waals surface area (Å²) >= 11 is 0. The molecule has 2 aliphatic heterocycles. The zero-order valence-electron chi connectivity index (χ0n) is 11.2. The van der Waals surface area contributed by atoms with E-state index in [1.807, 2.05) is 25.1 Å². The SMILES string of the molecule is Cc1cccc(C#N)c1N1CCCC2(C1)OCCO2. The number of aryl methyl sites for hydroxylation is 1. The molecular formula is C15H18N2O2. The van der Waals surface area contributed by atoms with Gasteiger partial charge in [-0.2, -0.15) is 5.26 Å². The largest absolute Gasteiger partial charge is 0.365 e. The summed E-state index contributed by atoms with van der Waals surface area (Å²) in [6, 6.07) is 8.14. The second-order valence-corrected chi connectivity index (χ2v) is 5.22. The van der Waals surface area contributed by atoms with Crippen LogP contribution in [-0.4, -0.2) is 32.1 Å². The molecule has 1 aromatic carbocycles. The first-order chi connectivity index (χ1) is 9.24. The van der Waals surface area contributed by atoms with Gasteiger partial charge in [-0.1, -0.05) is 12.1 Å². The molecule has 4 nitrogen and oxygen atoms in total. The lowest BCUT2D eigenvalue weighted by molar-refractivity contribution is -0.161. The molecule has 0 amide bonds. The number of para-hydroxylation sites is 1. The summed E-state index contributed by atoms with van der Waals surface area (Å²) in [6.45, 7) is 5.06. The summed E-state index contributed by atoms with van der Waals surface area (Å²) in [5.74, 6) is -0.451. The molecule has 1 aromatic rings. The Bertz CT molecular complexity index is 515. The number of piperidine rings is 1. The summed E-state index contributed by atoms with van der Waals surface area (Å²) in [5, 5.41) is 9.29. The number of rotatable bonds is 1. The van der Waals surface area contributed by atoms with Crippen molar-refractivity contribution in [1.82, 2.24) is 0 Å². The smallest absolute Gasteiger partial charge is 0.186 e. The molecule has 4 heteroatoms. The Hall–Kier alpha value is -1.57. The Labute approximate surface area is 113 Å². The zero-order valence-corrected chi connectivity index (χ0v) is 11.2. The van der Waals surface area contributed by atoms with Crippen LogP contribution >= 0.6 is 0 Å². The van der Waals surface area contributed by atoms with Crippen LogP contribution in [-0.2, 0) is 9.47 Å². The summed E-state index contributed by atoms with van der Waals surface area (Å²) in [5.41, 5.74) is 2.90. The summed E-state index contributed by atoms with van der Waals surface area (Å²) < 4.78 is 11.6. The molecule has 2 saturated heterocycles. The molecule has 3 rings (SSSR count). The second kappa shape index (κ2) is 4.84. The third kappa shape index (κ3) is 2.20. The van der Waals surface area contributed by atoms with E-state index in [0.717, 1.165) is 36.2 Å². The molecule has 0 saturated carbocycles. The van der Waals surface area contributed by atoms with E-state index < -0.39 is 5.79 Å². The predicted octanol–water partition coefficient (Wildman–Crippen LogP) is 2.21. The van der Waals surface area contributed by atoms with Gasteiger partial charge in [0, 0.05) is 13.0 Å². The molecule has 2 fully saturated rings. The molecular weight excluding hydrogens is 240 g/mol. The van der Waals surface area contributed by atoms with Crippen LogP contribution in [0.15, 0.2) is 18.2 Å². The van der Waals surface area contributed by atoms with E-state index in [4.69, 9.17) is 9.47 Å². The van der Waals surface area contributed by atoms with Gasteiger partial charge in [-0.05, 0) is 25.0 Å². The minimum atomic E-state index is -0.451. The van der Waals surface area contributed by atoms with Gasteiger partial charge in [0.1, 0.15) is 6.07 Å². The van der Waals surface area contributed by atoms with Crippen molar-refractivity contribution in [2.75, 3.05) is 31.2 Å². The van der Waals surface area contributed by atoms with Crippen LogP contribution in [0.5, 0.6) is 0 Å². The molecule has 2 heterocycles. The van der Waals surface area contributed by atoms with Crippen LogP contribution in [0.3, 0.4) is 0 Å². The lowest BCUT2D eigenvalue weighted by Gasteiger charge is -2.40. The average molecular weight is 258 g/mol. The van der Waals surface area contributed by atoms with Crippen LogP contribution in [0, 0.1) is 18.3 Å². The molecule has 0 radical (unpaired) electrons. The summed E-state index contributed by atoms with van der Waals surface area (Å²) in [4.78, 5) is 2.24. The first-order valence-electron chi connectivity index (χ1n) is 6.77. The monoisotopic (exact) mass is 258 g/mol. The van der Waals surface area contributed by atoms with Crippen LogP contribution in [0.25, 0.3) is 0 Å². The van der Waals surface area contributed by atoms with Crippen molar-refractivity contribution in [1.29, 1.82) is 5.26 Å². The fourth-order valence-electron chi connectivity index (χ4n) is 3.08. The number of anilines is 1. The van der Waals surface area contributed by atoms with Crippen molar-refractivity contribution in [2.45, 2.75) is 25.6 Å². The third-order valence-corrected chi connectivity index (χ3v) is 3.91. The van der Waals surface area contributed by atoms with Gasteiger partial charge in [0.2, 0.25) is 0 Å².